The SMILES string of the molecule is O=C(NCc1nc(-c2cccnc2)cs1)c1ccccc1. The van der Waals surface area contributed by atoms with Crippen molar-refractivity contribution in [2.24, 2.45) is 0 Å². The van der Waals surface area contributed by atoms with Crippen LogP contribution < -0.4 is 5.32 Å². The van der Waals surface area contributed by atoms with E-state index in [2.05, 4.69) is 15.3 Å². The molecule has 0 unspecified atom stereocenters. The minimum absolute atomic E-state index is 0.0891. The lowest BCUT2D eigenvalue weighted by atomic mass is 10.2. The summed E-state index contributed by atoms with van der Waals surface area (Å²) in [5, 5.41) is 5.72. The van der Waals surface area contributed by atoms with E-state index in [-0.39, 0.29) is 5.91 Å². The van der Waals surface area contributed by atoms with Crippen molar-refractivity contribution in [3.63, 3.8) is 0 Å². The number of nitrogens with one attached hydrogen (secondary N) is 1. The third kappa shape index (κ3) is 3.32. The van der Waals surface area contributed by atoms with Gasteiger partial charge < -0.3 is 5.32 Å². The molecule has 1 aromatic carbocycles. The molecular formula is C16H13N3OS. The Kier molecular flexibility index (Phi) is 4.02. The molecule has 4 nitrogen and oxygen atoms in total. The Labute approximate surface area is 126 Å². The molecule has 0 aliphatic carbocycles. The molecule has 0 radical (unpaired) electrons. The topological polar surface area (TPSA) is 54.9 Å². The van der Waals surface area contributed by atoms with Gasteiger partial charge in [0.15, 0.2) is 0 Å². The van der Waals surface area contributed by atoms with Crippen molar-refractivity contribution in [1.82, 2.24) is 15.3 Å². The zero-order valence-electron chi connectivity index (χ0n) is 11.2. The van der Waals surface area contributed by atoms with Crippen LogP contribution in [0.15, 0.2) is 60.2 Å². The van der Waals surface area contributed by atoms with Crippen LogP contribution in [0.5, 0.6) is 0 Å². The second-order valence-corrected chi connectivity index (χ2v) is 5.36. The highest BCUT2D eigenvalue weighted by Crippen LogP contribution is 2.20. The van der Waals surface area contributed by atoms with E-state index in [0.717, 1.165) is 16.3 Å². The summed E-state index contributed by atoms with van der Waals surface area (Å²) in [4.78, 5) is 20.5. The minimum atomic E-state index is -0.0891. The number of thiazole rings is 1. The van der Waals surface area contributed by atoms with Crippen LogP contribution in [0.25, 0.3) is 11.3 Å². The molecule has 1 amide bonds. The molecule has 0 saturated carbocycles. The highest BCUT2D eigenvalue weighted by atomic mass is 32.1. The standard InChI is InChI=1S/C16H13N3OS/c20-16(12-5-2-1-3-6-12)18-10-15-19-14(11-21-15)13-7-4-8-17-9-13/h1-9,11H,10H2,(H,18,20). The van der Waals surface area contributed by atoms with Gasteiger partial charge in [-0.25, -0.2) is 4.98 Å². The monoisotopic (exact) mass is 295 g/mol. The van der Waals surface area contributed by atoms with Crippen LogP contribution in [0, 0.1) is 0 Å². The summed E-state index contributed by atoms with van der Waals surface area (Å²) in [5.74, 6) is -0.0891. The summed E-state index contributed by atoms with van der Waals surface area (Å²) in [7, 11) is 0. The molecule has 3 rings (SSSR count). The minimum Gasteiger partial charge on any atom is -0.346 e. The number of hydrogen-bond acceptors (Lipinski definition) is 4. The largest absolute Gasteiger partial charge is 0.346 e. The van der Waals surface area contributed by atoms with E-state index in [0.29, 0.717) is 12.1 Å². The molecule has 104 valence electrons. The van der Waals surface area contributed by atoms with E-state index in [1.807, 2.05) is 35.7 Å². The van der Waals surface area contributed by atoms with E-state index in [4.69, 9.17) is 0 Å². The van der Waals surface area contributed by atoms with Crippen LogP contribution in [0.3, 0.4) is 0 Å². The van der Waals surface area contributed by atoms with E-state index in [1.54, 1.807) is 24.5 Å². The molecule has 3 aromatic rings. The molecule has 2 aromatic heterocycles. The summed E-state index contributed by atoms with van der Waals surface area (Å²) < 4.78 is 0. The van der Waals surface area contributed by atoms with Crippen LogP contribution in [0.2, 0.25) is 0 Å². The van der Waals surface area contributed by atoms with Crippen LogP contribution in [0.4, 0.5) is 0 Å². The Hall–Kier alpha value is -2.53. The molecule has 0 fully saturated rings. The number of amides is 1. The van der Waals surface area contributed by atoms with Gasteiger partial charge in [-0.05, 0) is 24.3 Å². The van der Waals surface area contributed by atoms with Gasteiger partial charge in [0.25, 0.3) is 5.91 Å². The molecule has 0 bridgehead atoms. The van der Waals surface area contributed by atoms with Crippen LogP contribution in [0.1, 0.15) is 15.4 Å². The van der Waals surface area contributed by atoms with Crippen molar-refractivity contribution in [3.8, 4) is 11.3 Å². The number of pyridine rings is 1. The molecule has 2 heterocycles. The molecule has 0 atom stereocenters. The molecule has 0 spiro atoms. The predicted octanol–water partition coefficient (Wildman–Crippen LogP) is 3.14. The smallest absolute Gasteiger partial charge is 0.251 e. The number of nitrogens with zero attached hydrogens (tertiary/aromatic N) is 2. The number of hydrogen-bond donors (Lipinski definition) is 1. The normalized spacial score (nSPS) is 10.3. The average molecular weight is 295 g/mol. The molecule has 0 saturated heterocycles. The van der Waals surface area contributed by atoms with E-state index < -0.39 is 0 Å². The quantitative estimate of drug-likeness (QED) is 0.804. The van der Waals surface area contributed by atoms with Crippen molar-refractivity contribution in [1.29, 1.82) is 0 Å². The van der Waals surface area contributed by atoms with Crippen molar-refractivity contribution < 1.29 is 4.79 Å². The van der Waals surface area contributed by atoms with Crippen LogP contribution in [-0.4, -0.2) is 15.9 Å². The third-order valence-electron chi connectivity index (χ3n) is 2.95. The highest BCUT2D eigenvalue weighted by Gasteiger charge is 2.07. The van der Waals surface area contributed by atoms with Gasteiger partial charge in [0.2, 0.25) is 0 Å². The summed E-state index contributed by atoms with van der Waals surface area (Å²) in [5.41, 5.74) is 2.52. The highest BCUT2D eigenvalue weighted by molar-refractivity contribution is 7.09. The van der Waals surface area contributed by atoms with Crippen molar-refractivity contribution in [2.75, 3.05) is 0 Å². The van der Waals surface area contributed by atoms with Crippen LogP contribution >= 0.6 is 11.3 Å². The number of benzene rings is 1. The second kappa shape index (κ2) is 6.28. The molecule has 1 N–H and O–H groups in total. The van der Waals surface area contributed by atoms with Crippen molar-refractivity contribution >= 4 is 17.2 Å². The Balaban J connectivity index is 1.64. The van der Waals surface area contributed by atoms with Gasteiger partial charge in [0, 0.05) is 28.9 Å². The number of carbonyl (C=O) groups excluding carboxylic acids is 1. The van der Waals surface area contributed by atoms with E-state index in [1.165, 1.54) is 11.3 Å². The molecular weight excluding hydrogens is 282 g/mol. The van der Waals surface area contributed by atoms with Gasteiger partial charge >= 0.3 is 0 Å². The predicted molar refractivity (Wildman–Crippen MR) is 83.0 cm³/mol. The molecule has 0 aliphatic rings. The number of rotatable bonds is 4. The maximum Gasteiger partial charge on any atom is 0.251 e. The first-order valence-corrected chi connectivity index (χ1v) is 7.39. The van der Waals surface area contributed by atoms with Crippen molar-refractivity contribution in [3.05, 3.63) is 70.8 Å². The first-order valence-electron chi connectivity index (χ1n) is 6.51. The summed E-state index contributed by atoms with van der Waals surface area (Å²) in [6, 6.07) is 13.0. The first kappa shape index (κ1) is 13.5. The van der Waals surface area contributed by atoms with Gasteiger partial charge in [-0.1, -0.05) is 18.2 Å². The number of carbonyl (C=O) groups is 1. The lowest BCUT2D eigenvalue weighted by molar-refractivity contribution is 0.0951. The summed E-state index contributed by atoms with van der Waals surface area (Å²) >= 11 is 1.53. The maximum atomic E-state index is 12.0. The fourth-order valence-corrected chi connectivity index (χ4v) is 2.63. The fourth-order valence-electron chi connectivity index (χ4n) is 1.89. The molecule has 5 heteroatoms. The van der Waals surface area contributed by atoms with Crippen molar-refractivity contribution in [2.45, 2.75) is 6.54 Å². The molecule has 21 heavy (non-hydrogen) atoms. The van der Waals surface area contributed by atoms with Gasteiger partial charge in [-0.2, -0.15) is 0 Å². The van der Waals surface area contributed by atoms with Gasteiger partial charge in [0.1, 0.15) is 5.01 Å². The third-order valence-corrected chi connectivity index (χ3v) is 3.79. The average Bonchev–Trinajstić information content (AvgIpc) is 3.03. The Morgan fingerprint density at radius 1 is 1.14 bits per heavy atom. The van der Waals surface area contributed by atoms with Gasteiger partial charge in [-0.3, -0.25) is 9.78 Å². The zero-order chi connectivity index (χ0) is 14.5. The van der Waals surface area contributed by atoms with Gasteiger partial charge in [0.05, 0.1) is 12.2 Å². The van der Waals surface area contributed by atoms with Crippen LogP contribution in [-0.2, 0) is 6.54 Å². The second-order valence-electron chi connectivity index (χ2n) is 4.42. The van der Waals surface area contributed by atoms with E-state index in [9.17, 15) is 4.79 Å². The Morgan fingerprint density at radius 2 is 2.00 bits per heavy atom. The van der Waals surface area contributed by atoms with Gasteiger partial charge in [-0.15, -0.1) is 11.3 Å². The number of aromatic nitrogens is 2. The lowest BCUT2D eigenvalue weighted by Gasteiger charge is -2.02. The summed E-state index contributed by atoms with van der Waals surface area (Å²) in [6.45, 7) is 0.429. The fraction of sp³-hybridized carbons (Fsp3) is 0.0625. The maximum absolute atomic E-state index is 12.0. The Morgan fingerprint density at radius 3 is 2.76 bits per heavy atom. The zero-order valence-corrected chi connectivity index (χ0v) is 12.0. The molecule has 0 aliphatic heterocycles. The lowest BCUT2D eigenvalue weighted by Crippen LogP contribution is -2.22. The van der Waals surface area contributed by atoms with E-state index >= 15 is 0 Å². The Bertz CT molecular complexity index is 726. The first-order chi connectivity index (χ1) is 10.3. The summed E-state index contributed by atoms with van der Waals surface area (Å²) in [6.07, 6.45) is 3.51.